The number of hydrogen-bond donors (Lipinski definition) is 0. The van der Waals surface area contributed by atoms with Gasteiger partial charge in [0.15, 0.2) is 17.5 Å². The maximum Gasteiger partial charge on any atom is 0.164 e. The Morgan fingerprint density at radius 1 is 0.340 bits per heavy atom. The van der Waals surface area contributed by atoms with Crippen molar-refractivity contribution in [2.24, 2.45) is 0 Å². The maximum atomic E-state index is 5.41. The van der Waals surface area contributed by atoms with Gasteiger partial charge in [0.25, 0.3) is 0 Å². The van der Waals surface area contributed by atoms with Gasteiger partial charge in [-0.25, -0.2) is 15.0 Å². The smallest absolute Gasteiger partial charge is 0.164 e. The summed E-state index contributed by atoms with van der Waals surface area (Å²) in [6.45, 7) is 0. The molecular formula is C49H29N3S. The zero-order valence-electron chi connectivity index (χ0n) is 28.5. The predicted molar refractivity (Wildman–Crippen MR) is 222 cm³/mol. The molecule has 0 aliphatic heterocycles. The van der Waals surface area contributed by atoms with Crippen molar-refractivity contribution in [2.45, 2.75) is 0 Å². The Kier molecular flexibility index (Phi) is 6.73. The zero-order chi connectivity index (χ0) is 34.9. The molecule has 53 heavy (non-hydrogen) atoms. The van der Waals surface area contributed by atoms with Crippen LogP contribution in [0.25, 0.3) is 110 Å². The second-order valence-electron chi connectivity index (χ2n) is 13.6. The van der Waals surface area contributed by atoms with Crippen LogP contribution in [0.1, 0.15) is 0 Å². The Labute approximate surface area is 310 Å². The van der Waals surface area contributed by atoms with Gasteiger partial charge >= 0.3 is 0 Å². The molecule has 0 amide bonds. The monoisotopic (exact) mass is 691 g/mol. The molecule has 10 aromatic rings. The number of rotatable bonds is 5. The van der Waals surface area contributed by atoms with Crippen LogP contribution in [0.2, 0.25) is 0 Å². The second kappa shape index (κ2) is 11.9. The van der Waals surface area contributed by atoms with Crippen LogP contribution in [0.3, 0.4) is 0 Å². The first-order valence-electron chi connectivity index (χ1n) is 17.9. The van der Waals surface area contributed by atoms with Crippen molar-refractivity contribution >= 4 is 42.3 Å². The Morgan fingerprint density at radius 3 is 1.57 bits per heavy atom. The minimum absolute atomic E-state index is 0.641. The Morgan fingerprint density at radius 2 is 0.887 bits per heavy atom. The lowest BCUT2D eigenvalue weighted by Crippen LogP contribution is -2.01. The molecule has 0 N–H and O–H groups in total. The van der Waals surface area contributed by atoms with Gasteiger partial charge in [-0.3, -0.25) is 0 Å². The molecular weight excluding hydrogens is 663 g/mol. The first-order chi connectivity index (χ1) is 26.3. The Balaban J connectivity index is 1.22. The van der Waals surface area contributed by atoms with Crippen molar-refractivity contribution in [1.29, 1.82) is 0 Å². The summed E-state index contributed by atoms with van der Waals surface area (Å²) in [4.78, 5) is 15.9. The summed E-state index contributed by atoms with van der Waals surface area (Å²) in [7, 11) is 0. The minimum atomic E-state index is 0.641. The number of aromatic nitrogens is 3. The molecule has 0 radical (unpaired) electrons. The van der Waals surface area contributed by atoms with Crippen LogP contribution in [0.15, 0.2) is 176 Å². The highest BCUT2D eigenvalue weighted by Gasteiger charge is 2.28. The normalized spacial score (nSPS) is 11.8. The van der Waals surface area contributed by atoms with E-state index in [-0.39, 0.29) is 0 Å². The molecule has 246 valence electrons. The number of nitrogens with zero attached hydrogens (tertiary/aromatic N) is 3. The lowest BCUT2D eigenvalue weighted by Gasteiger charge is -2.14. The van der Waals surface area contributed by atoms with E-state index in [1.54, 1.807) is 0 Å². The van der Waals surface area contributed by atoms with Gasteiger partial charge in [0.05, 0.1) is 0 Å². The SMILES string of the molecule is c1ccc(-c2cc(-c3ccccc3)cc(-c3nc(-c4ccccc4)nc(-c4cc5c(c6sc7ccccc7c46)-c4cccc6cccc-5c46)n3)c2)cc1. The summed E-state index contributed by atoms with van der Waals surface area (Å²) in [6, 6.07) is 62.4. The van der Waals surface area contributed by atoms with E-state index >= 15 is 0 Å². The van der Waals surface area contributed by atoms with Gasteiger partial charge in [-0.2, -0.15) is 0 Å². The number of benzene rings is 8. The molecule has 0 bridgehead atoms. The van der Waals surface area contributed by atoms with Crippen molar-refractivity contribution in [3.05, 3.63) is 176 Å². The third-order valence-corrected chi connectivity index (χ3v) is 11.6. The standard InChI is InChI=1S/C49H29N3S/c1-4-14-30(15-5-1)34-26-35(31-16-6-2-7-17-31)28-36(27-34)48-50-47(33-18-8-3-9-19-33)51-49(52-48)41-29-40-37-23-12-20-32-21-13-24-39(43(32)37)45(40)46-44(41)38-22-10-11-25-42(38)53-46/h1-29H. The summed E-state index contributed by atoms with van der Waals surface area (Å²) in [5.74, 6) is 1.96. The highest BCUT2D eigenvalue weighted by atomic mass is 32.1. The molecule has 8 aromatic carbocycles. The van der Waals surface area contributed by atoms with Crippen LogP contribution in [-0.2, 0) is 0 Å². The van der Waals surface area contributed by atoms with Gasteiger partial charge in [-0.1, -0.05) is 146 Å². The van der Waals surface area contributed by atoms with Crippen molar-refractivity contribution < 1.29 is 0 Å². The lowest BCUT2D eigenvalue weighted by atomic mass is 9.95. The molecule has 1 aliphatic rings. The summed E-state index contributed by atoms with van der Waals surface area (Å²) >= 11 is 1.86. The molecule has 2 aromatic heterocycles. The van der Waals surface area contributed by atoms with Crippen molar-refractivity contribution in [2.75, 3.05) is 0 Å². The highest BCUT2D eigenvalue weighted by molar-refractivity contribution is 7.26. The summed E-state index contributed by atoms with van der Waals surface area (Å²) in [5.41, 5.74) is 12.5. The average molecular weight is 692 g/mol. The van der Waals surface area contributed by atoms with Gasteiger partial charge in [-0.15, -0.1) is 11.3 Å². The Hall–Kier alpha value is -6.75. The van der Waals surface area contributed by atoms with E-state index in [1.165, 1.54) is 53.2 Å². The van der Waals surface area contributed by atoms with E-state index < -0.39 is 0 Å². The fraction of sp³-hybridized carbons (Fsp3) is 0. The predicted octanol–water partition coefficient (Wildman–Crippen LogP) is 13.4. The molecule has 0 spiro atoms. The molecule has 11 rings (SSSR count). The number of thiophene rings is 1. The average Bonchev–Trinajstić information content (AvgIpc) is 3.78. The number of hydrogen-bond acceptors (Lipinski definition) is 4. The van der Waals surface area contributed by atoms with Crippen LogP contribution in [0, 0.1) is 0 Å². The van der Waals surface area contributed by atoms with Crippen LogP contribution in [0.4, 0.5) is 0 Å². The van der Waals surface area contributed by atoms with Crippen LogP contribution >= 0.6 is 11.3 Å². The van der Waals surface area contributed by atoms with E-state index in [9.17, 15) is 0 Å². The molecule has 1 aliphatic carbocycles. The van der Waals surface area contributed by atoms with E-state index in [1.807, 2.05) is 29.5 Å². The minimum Gasteiger partial charge on any atom is -0.208 e. The zero-order valence-corrected chi connectivity index (χ0v) is 29.3. The molecule has 0 saturated heterocycles. The molecule has 0 atom stereocenters. The highest BCUT2D eigenvalue weighted by Crippen LogP contribution is 2.55. The van der Waals surface area contributed by atoms with Crippen LogP contribution in [-0.4, -0.2) is 15.0 Å². The molecule has 0 saturated carbocycles. The third-order valence-electron chi connectivity index (χ3n) is 10.4. The molecule has 0 fully saturated rings. The summed E-state index contributed by atoms with van der Waals surface area (Å²) in [6.07, 6.45) is 0. The molecule has 2 heterocycles. The van der Waals surface area contributed by atoms with Crippen LogP contribution in [0.5, 0.6) is 0 Å². The topological polar surface area (TPSA) is 38.7 Å². The van der Waals surface area contributed by atoms with E-state index in [0.717, 1.165) is 38.9 Å². The van der Waals surface area contributed by atoms with Crippen LogP contribution < -0.4 is 0 Å². The Bertz CT molecular complexity index is 2980. The van der Waals surface area contributed by atoms with E-state index in [2.05, 4.69) is 158 Å². The largest absolute Gasteiger partial charge is 0.208 e. The van der Waals surface area contributed by atoms with Gasteiger partial charge in [-0.05, 0) is 80.0 Å². The lowest BCUT2D eigenvalue weighted by molar-refractivity contribution is 1.08. The third kappa shape index (κ3) is 4.84. The van der Waals surface area contributed by atoms with Gasteiger partial charge < -0.3 is 0 Å². The molecule has 0 unspecified atom stereocenters. The van der Waals surface area contributed by atoms with Gasteiger partial charge in [0, 0.05) is 42.4 Å². The van der Waals surface area contributed by atoms with E-state index in [4.69, 9.17) is 15.0 Å². The fourth-order valence-electron chi connectivity index (χ4n) is 8.02. The summed E-state index contributed by atoms with van der Waals surface area (Å²) < 4.78 is 2.52. The van der Waals surface area contributed by atoms with E-state index in [0.29, 0.717) is 17.5 Å². The quantitative estimate of drug-likeness (QED) is 0.180. The first kappa shape index (κ1) is 29.9. The summed E-state index contributed by atoms with van der Waals surface area (Å²) in [5, 5.41) is 4.98. The number of fused-ring (bicyclic) bond motifs is 7. The molecule has 3 nitrogen and oxygen atoms in total. The van der Waals surface area contributed by atoms with Crippen molar-refractivity contribution in [3.63, 3.8) is 0 Å². The fourth-order valence-corrected chi connectivity index (χ4v) is 9.31. The van der Waals surface area contributed by atoms with Crippen molar-refractivity contribution in [3.8, 4) is 78.7 Å². The van der Waals surface area contributed by atoms with Crippen molar-refractivity contribution in [1.82, 2.24) is 15.0 Å². The first-order valence-corrected chi connectivity index (χ1v) is 18.7. The van der Waals surface area contributed by atoms with Gasteiger partial charge in [0.2, 0.25) is 0 Å². The van der Waals surface area contributed by atoms with Gasteiger partial charge in [0.1, 0.15) is 0 Å². The maximum absolute atomic E-state index is 5.41. The molecule has 4 heteroatoms. The second-order valence-corrected chi connectivity index (χ2v) is 14.6.